The lowest BCUT2D eigenvalue weighted by atomic mass is 10.1. The summed E-state index contributed by atoms with van der Waals surface area (Å²) in [7, 11) is 0. The van der Waals surface area contributed by atoms with E-state index in [9.17, 15) is 4.79 Å². The number of hydrogen-bond acceptors (Lipinski definition) is 3. The van der Waals surface area contributed by atoms with Gasteiger partial charge in [0, 0.05) is 16.5 Å². The van der Waals surface area contributed by atoms with E-state index in [1.165, 1.54) is 0 Å². The Morgan fingerprint density at radius 2 is 1.72 bits per heavy atom. The first kappa shape index (κ1) is 11.1. The Hall–Kier alpha value is -2.00. The number of para-hydroxylation sites is 1. The van der Waals surface area contributed by atoms with Crippen LogP contribution in [0.25, 0.3) is 0 Å². The van der Waals surface area contributed by atoms with Crippen LogP contribution in [0.5, 0.6) is 0 Å². The Morgan fingerprint density at radius 1 is 1.00 bits per heavy atom. The highest BCUT2D eigenvalue weighted by Gasteiger charge is 2.15. The Balaban J connectivity index is 1.82. The average molecular weight is 253 g/mol. The Kier molecular flexibility index (Phi) is 2.90. The van der Waals surface area contributed by atoms with E-state index in [0.29, 0.717) is 5.56 Å². The van der Waals surface area contributed by atoms with Crippen molar-refractivity contribution >= 4 is 23.2 Å². The number of benzene rings is 2. The van der Waals surface area contributed by atoms with Crippen molar-refractivity contribution in [3.63, 3.8) is 0 Å². The molecule has 0 spiro atoms. The average Bonchev–Trinajstić information content (AvgIpc) is 2.82. The fourth-order valence-electron chi connectivity index (χ4n) is 1.81. The van der Waals surface area contributed by atoms with Gasteiger partial charge in [-0.3, -0.25) is 4.79 Å². The van der Waals surface area contributed by atoms with Crippen LogP contribution < -0.4 is 5.32 Å². The van der Waals surface area contributed by atoms with Gasteiger partial charge in [-0.25, -0.2) is 0 Å². The van der Waals surface area contributed by atoms with Gasteiger partial charge in [-0.2, -0.15) is 0 Å². The van der Waals surface area contributed by atoms with Crippen molar-refractivity contribution in [2.24, 2.45) is 0 Å². The number of rotatable bonds is 2. The highest BCUT2D eigenvalue weighted by atomic mass is 32.2. The number of carbonyl (C=O) groups is 1. The second kappa shape index (κ2) is 4.70. The third-order valence-electron chi connectivity index (χ3n) is 2.69. The summed E-state index contributed by atoms with van der Waals surface area (Å²) in [5, 5.41) is 4.12. The van der Waals surface area contributed by atoms with Crippen molar-refractivity contribution in [2.45, 2.75) is 4.90 Å². The van der Waals surface area contributed by atoms with Gasteiger partial charge in [-0.1, -0.05) is 54.2 Å². The fraction of sp³-hybridized carbons (Fsp3) is 0. The molecule has 1 aliphatic heterocycles. The topological polar surface area (TPSA) is 29.1 Å². The van der Waals surface area contributed by atoms with Gasteiger partial charge in [0.05, 0.1) is 10.7 Å². The summed E-state index contributed by atoms with van der Waals surface area (Å²) in [6.07, 6.45) is 1.65. The lowest BCUT2D eigenvalue weighted by molar-refractivity contribution is 0.104. The summed E-state index contributed by atoms with van der Waals surface area (Å²) in [5.74, 6) is 0.0263. The van der Waals surface area contributed by atoms with Gasteiger partial charge >= 0.3 is 0 Å². The third-order valence-corrected chi connectivity index (χ3v) is 3.70. The molecule has 1 heterocycles. The van der Waals surface area contributed by atoms with E-state index in [-0.39, 0.29) is 5.78 Å². The molecule has 0 fully saturated rings. The standard InChI is InChI=1S/C15H11NOS/c17-13(11-6-2-1-3-7-11)10-15-16-12-8-4-5-9-14(12)18-15/h1-10,16H. The predicted molar refractivity (Wildman–Crippen MR) is 74.8 cm³/mol. The maximum atomic E-state index is 12.0. The number of fused-ring (bicyclic) bond motifs is 1. The van der Waals surface area contributed by atoms with Gasteiger partial charge < -0.3 is 5.32 Å². The lowest BCUT2D eigenvalue weighted by Gasteiger charge is -1.98. The second-order valence-corrected chi connectivity index (χ2v) is 5.05. The molecule has 0 atom stereocenters. The van der Waals surface area contributed by atoms with Crippen molar-refractivity contribution in [3.05, 3.63) is 71.3 Å². The second-order valence-electron chi connectivity index (χ2n) is 3.96. The van der Waals surface area contributed by atoms with Gasteiger partial charge in [0.2, 0.25) is 0 Å². The number of thioether (sulfide) groups is 1. The van der Waals surface area contributed by atoms with Crippen LogP contribution in [0.15, 0.2) is 70.6 Å². The highest BCUT2D eigenvalue weighted by molar-refractivity contribution is 8.03. The molecule has 88 valence electrons. The highest BCUT2D eigenvalue weighted by Crippen LogP contribution is 2.40. The van der Waals surface area contributed by atoms with Gasteiger partial charge in [0.15, 0.2) is 5.78 Å². The zero-order valence-electron chi connectivity index (χ0n) is 9.59. The monoisotopic (exact) mass is 253 g/mol. The molecule has 1 aliphatic rings. The van der Waals surface area contributed by atoms with Crippen LogP contribution in [0, 0.1) is 0 Å². The van der Waals surface area contributed by atoms with Crippen molar-refractivity contribution in [1.82, 2.24) is 0 Å². The molecule has 0 amide bonds. The Morgan fingerprint density at radius 3 is 2.50 bits per heavy atom. The molecule has 3 rings (SSSR count). The number of hydrogen-bond donors (Lipinski definition) is 1. The van der Waals surface area contributed by atoms with E-state index < -0.39 is 0 Å². The lowest BCUT2D eigenvalue weighted by Crippen LogP contribution is -1.97. The van der Waals surface area contributed by atoms with E-state index in [2.05, 4.69) is 5.32 Å². The van der Waals surface area contributed by atoms with E-state index in [4.69, 9.17) is 0 Å². The van der Waals surface area contributed by atoms with Crippen molar-refractivity contribution < 1.29 is 4.79 Å². The van der Waals surface area contributed by atoms with Gasteiger partial charge in [-0.05, 0) is 12.1 Å². The molecule has 1 N–H and O–H groups in total. The number of nitrogens with one attached hydrogen (secondary N) is 1. The molecule has 0 saturated carbocycles. The Labute approximate surface area is 110 Å². The normalized spacial score (nSPS) is 15.2. The predicted octanol–water partition coefficient (Wildman–Crippen LogP) is 3.93. The van der Waals surface area contributed by atoms with Crippen LogP contribution in [0.2, 0.25) is 0 Å². The third kappa shape index (κ3) is 2.17. The van der Waals surface area contributed by atoms with E-state index in [0.717, 1.165) is 15.6 Å². The minimum absolute atomic E-state index is 0.0263. The minimum atomic E-state index is 0.0263. The molecule has 3 heteroatoms. The first-order chi connectivity index (χ1) is 8.83. The molecule has 18 heavy (non-hydrogen) atoms. The summed E-state index contributed by atoms with van der Waals surface area (Å²) < 4.78 is 0. The van der Waals surface area contributed by atoms with Crippen LogP contribution in [0.4, 0.5) is 5.69 Å². The van der Waals surface area contributed by atoms with Crippen LogP contribution in [-0.4, -0.2) is 5.78 Å². The number of anilines is 1. The summed E-state index contributed by atoms with van der Waals surface area (Å²) in [6.45, 7) is 0. The number of carbonyl (C=O) groups excluding carboxylic acids is 1. The van der Waals surface area contributed by atoms with Crippen molar-refractivity contribution in [3.8, 4) is 0 Å². The molecule has 0 bridgehead atoms. The van der Waals surface area contributed by atoms with E-state index in [1.54, 1.807) is 17.8 Å². The molecule has 0 unspecified atom stereocenters. The maximum absolute atomic E-state index is 12.0. The quantitative estimate of drug-likeness (QED) is 0.649. The molecule has 2 aromatic rings. The van der Waals surface area contributed by atoms with Crippen molar-refractivity contribution in [1.29, 1.82) is 0 Å². The zero-order chi connectivity index (χ0) is 12.4. The summed E-state index contributed by atoms with van der Waals surface area (Å²) in [6, 6.07) is 17.3. The molecule has 0 radical (unpaired) electrons. The fourth-order valence-corrected chi connectivity index (χ4v) is 2.75. The van der Waals surface area contributed by atoms with Crippen LogP contribution in [-0.2, 0) is 0 Å². The van der Waals surface area contributed by atoms with E-state index in [1.807, 2.05) is 54.6 Å². The van der Waals surface area contributed by atoms with Gasteiger partial charge in [-0.15, -0.1) is 0 Å². The van der Waals surface area contributed by atoms with Gasteiger partial charge in [0.1, 0.15) is 0 Å². The zero-order valence-corrected chi connectivity index (χ0v) is 10.4. The molecule has 0 saturated heterocycles. The molecular formula is C15H11NOS. The van der Waals surface area contributed by atoms with Crippen LogP contribution in [0.3, 0.4) is 0 Å². The summed E-state index contributed by atoms with van der Waals surface area (Å²) >= 11 is 1.59. The molecular weight excluding hydrogens is 242 g/mol. The summed E-state index contributed by atoms with van der Waals surface area (Å²) in [4.78, 5) is 13.2. The molecule has 2 nitrogen and oxygen atoms in total. The molecule has 2 aromatic carbocycles. The minimum Gasteiger partial charge on any atom is -0.349 e. The SMILES string of the molecule is O=C(C=C1Nc2ccccc2S1)c1ccccc1. The molecule has 0 aromatic heterocycles. The van der Waals surface area contributed by atoms with Crippen LogP contribution >= 0.6 is 11.8 Å². The first-order valence-corrected chi connectivity index (χ1v) is 6.49. The first-order valence-electron chi connectivity index (χ1n) is 5.68. The number of ketones is 1. The van der Waals surface area contributed by atoms with E-state index >= 15 is 0 Å². The van der Waals surface area contributed by atoms with Gasteiger partial charge in [0.25, 0.3) is 0 Å². The largest absolute Gasteiger partial charge is 0.349 e. The number of allylic oxidation sites excluding steroid dienone is 1. The molecule has 0 aliphatic carbocycles. The van der Waals surface area contributed by atoms with Crippen LogP contribution in [0.1, 0.15) is 10.4 Å². The Bertz CT molecular complexity index is 592. The smallest absolute Gasteiger partial charge is 0.188 e. The van der Waals surface area contributed by atoms with Crippen molar-refractivity contribution in [2.75, 3.05) is 5.32 Å². The maximum Gasteiger partial charge on any atom is 0.188 e. The summed E-state index contributed by atoms with van der Waals surface area (Å²) in [5.41, 5.74) is 1.78.